The second-order valence-electron chi connectivity index (χ2n) is 4.11. The summed E-state index contributed by atoms with van der Waals surface area (Å²) in [6.07, 6.45) is 1.90. The molecule has 0 saturated carbocycles. The van der Waals surface area contributed by atoms with Crippen molar-refractivity contribution in [2.45, 2.75) is 6.92 Å². The predicted molar refractivity (Wildman–Crippen MR) is 69.5 cm³/mol. The smallest absolute Gasteiger partial charge is 0.254 e. The largest absolute Gasteiger partial charge is 0.336 e. The Morgan fingerprint density at radius 1 is 1.24 bits per heavy atom. The van der Waals surface area contributed by atoms with Gasteiger partial charge in [-0.2, -0.15) is 0 Å². The monoisotopic (exact) mass is 230 g/mol. The molecule has 0 aromatic heterocycles. The van der Waals surface area contributed by atoms with Gasteiger partial charge in [0.25, 0.3) is 5.91 Å². The molecule has 1 N–H and O–H groups in total. The molecular weight excluding hydrogens is 212 g/mol. The molecule has 3 heteroatoms. The zero-order valence-electron chi connectivity index (χ0n) is 10.1. The number of hydrogen-bond donors (Lipinski definition) is 1. The van der Waals surface area contributed by atoms with E-state index in [2.05, 4.69) is 5.32 Å². The second-order valence-corrected chi connectivity index (χ2v) is 4.11. The van der Waals surface area contributed by atoms with Crippen LogP contribution in [0, 0.1) is 0 Å². The minimum absolute atomic E-state index is 0.139. The molecule has 0 unspecified atom stereocenters. The highest BCUT2D eigenvalue weighted by Crippen LogP contribution is 2.17. The van der Waals surface area contributed by atoms with Crippen LogP contribution in [0.2, 0.25) is 0 Å². The average Bonchev–Trinajstić information content (AvgIpc) is 2.42. The van der Waals surface area contributed by atoms with Crippen molar-refractivity contribution in [2.24, 2.45) is 0 Å². The Bertz CT molecular complexity index is 405. The van der Waals surface area contributed by atoms with Gasteiger partial charge in [-0.15, -0.1) is 0 Å². The lowest BCUT2D eigenvalue weighted by molar-refractivity contribution is -0.125. The van der Waals surface area contributed by atoms with Crippen molar-refractivity contribution in [3.63, 3.8) is 0 Å². The van der Waals surface area contributed by atoms with Gasteiger partial charge in [0.2, 0.25) is 0 Å². The molecule has 0 bridgehead atoms. The van der Waals surface area contributed by atoms with Crippen molar-refractivity contribution in [3.05, 3.63) is 42.0 Å². The van der Waals surface area contributed by atoms with Gasteiger partial charge < -0.3 is 10.2 Å². The Morgan fingerprint density at radius 3 is 2.47 bits per heavy atom. The summed E-state index contributed by atoms with van der Waals surface area (Å²) in [5.74, 6) is 0.139. The normalized spacial score (nSPS) is 17.0. The van der Waals surface area contributed by atoms with Crippen LogP contribution in [0.25, 0.3) is 5.57 Å². The summed E-state index contributed by atoms with van der Waals surface area (Å²) in [7, 11) is 0. The van der Waals surface area contributed by atoms with Crippen LogP contribution in [0.4, 0.5) is 0 Å². The minimum atomic E-state index is 0.139. The molecule has 1 fully saturated rings. The number of benzene rings is 1. The Balaban J connectivity index is 2.16. The third kappa shape index (κ3) is 2.74. The maximum Gasteiger partial charge on any atom is 0.254 e. The summed E-state index contributed by atoms with van der Waals surface area (Å²) >= 11 is 0. The van der Waals surface area contributed by atoms with Crippen molar-refractivity contribution in [1.29, 1.82) is 0 Å². The van der Waals surface area contributed by atoms with Crippen LogP contribution in [-0.4, -0.2) is 37.0 Å². The predicted octanol–water partition coefficient (Wildman–Crippen LogP) is 1.52. The standard InChI is InChI=1S/C14H18N2O/c1-2-13(12-6-4-3-5-7-12)14(17)16-10-8-15-9-11-16/h2-7,15H,8-11H2,1H3. The molecule has 2 rings (SSSR count). The fourth-order valence-corrected chi connectivity index (χ4v) is 2.07. The first-order valence-corrected chi connectivity index (χ1v) is 6.04. The van der Waals surface area contributed by atoms with Crippen LogP contribution in [0.1, 0.15) is 12.5 Å². The van der Waals surface area contributed by atoms with Gasteiger partial charge in [0, 0.05) is 31.8 Å². The molecule has 3 nitrogen and oxygen atoms in total. The lowest BCUT2D eigenvalue weighted by atomic mass is 10.0. The van der Waals surface area contributed by atoms with E-state index in [1.165, 1.54) is 0 Å². The van der Waals surface area contributed by atoms with Gasteiger partial charge in [-0.25, -0.2) is 0 Å². The van der Waals surface area contributed by atoms with E-state index < -0.39 is 0 Å². The molecule has 0 spiro atoms. The first-order chi connectivity index (χ1) is 8.33. The molecule has 1 aliphatic heterocycles. The van der Waals surface area contributed by atoms with Gasteiger partial charge >= 0.3 is 0 Å². The Labute approximate surface area is 102 Å². The Morgan fingerprint density at radius 2 is 1.88 bits per heavy atom. The van der Waals surface area contributed by atoms with Gasteiger partial charge in [-0.3, -0.25) is 4.79 Å². The second kappa shape index (κ2) is 5.64. The van der Waals surface area contributed by atoms with E-state index in [1.807, 2.05) is 48.2 Å². The van der Waals surface area contributed by atoms with Crippen LogP contribution in [0.15, 0.2) is 36.4 Å². The lowest BCUT2D eigenvalue weighted by Crippen LogP contribution is -2.46. The fraction of sp³-hybridized carbons (Fsp3) is 0.357. The van der Waals surface area contributed by atoms with Crippen molar-refractivity contribution in [1.82, 2.24) is 10.2 Å². The number of carbonyl (C=O) groups excluding carboxylic acids is 1. The van der Waals surface area contributed by atoms with Crippen molar-refractivity contribution < 1.29 is 4.79 Å². The fourth-order valence-electron chi connectivity index (χ4n) is 2.07. The lowest BCUT2D eigenvalue weighted by Gasteiger charge is -2.28. The molecule has 90 valence electrons. The average molecular weight is 230 g/mol. The first-order valence-electron chi connectivity index (χ1n) is 6.04. The van der Waals surface area contributed by atoms with Crippen LogP contribution >= 0.6 is 0 Å². The van der Waals surface area contributed by atoms with Gasteiger partial charge in [0.15, 0.2) is 0 Å². The first kappa shape index (κ1) is 11.9. The van der Waals surface area contributed by atoms with Crippen LogP contribution < -0.4 is 5.32 Å². The van der Waals surface area contributed by atoms with E-state index in [9.17, 15) is 4.79 Å². The maximum atomic E-state index is 12.4. The van der Waals surface area contributed by atoms with Crippen LogP contribution in [-0.2, 0) is 4.79 Å². The topological polar surface area (TPSA) is 32.3 Å². The van der Waals surface area contributed by atoms with Crippen LogP contribution in [0.3, 0.4) is 0 Å². The third-order valence-electron chi connectivity index (χ3n) is 3.01. The van der Waals surface area contributed by atoms with Gasteiger partial charge in [-0.05, 0) is 12.5 Å². The summed E-state index contributed by atoms with van der Waals surface area (Å²) in [6, 6.07) is 9.85. The number of piperazine rings is 1. The van der Waals surface area contributed by atoms with E-state index in [0.717, 1.165) is 37.3 Å². The van der Waals surface area contributed by atoms with Crippen molar-refractivity contribution in [2.75, 3.05) is 26.2 Å². The summed E-state index contributed by atoms with van der Waals surface area (Å²) in [5.41, 5.74) is 1.80. The van der Waals surface area contributed by atoms with Gasteiger partial charge in [-0.1, -0.05) is 36.4 Å². The molecule has 0 radical (unpaired) electrons. The van der Waals surface area contributed by atoms with Gasteiger partial charge in [0.1, 0.15) is 0 Å². The van der Waals surface area contributed by atoms with E-state index in [4.69, 9.17) is 0 Å². The zero-order valence-corrected chi connectivity index (χ0v) is 10.1. The number of hydrogen-bond acceptors (Lipinski definition) is 2. The van der Waals surface area contributed by atoms with E-state index in [1.54, 1.807) is 0 Å². The highest BCUT2D eigenvalue weighted by molar-refractivity contribution is 6.19. The molecule has 1 amide bonds. The molecule has 1 saturated heterocycles. The van der Waals surface area contributed by atoms with Crippen LogP contribution in [0.5, 0.6) is 0 Å². The summed E-state index contributed by atoms with van der Waals surface area (Å²) < 4.78 is 0. The molecule has 0 aliphatic carbocycles. The SMILES string of the molecule is CC=C(C(=O)N1CCNCC1)c1ccccc1. The number of amides is 1. The molecule has 1 aliphatic rings. The molecule has 0 atom stereocenters. The number of carbonyl (C=O) groups is 1. The van der Waals surface area contributed by atoms with Gasteiger partial charge in [0.05, 0.1) is 0 Å². The number of nitrogens with zero attached hydrogens (tertiary/aromatic N) is 1. The van der Waals surface area contributed by atoms with E-state index in [0.29, 0.717) is 0 Å². The number of rotatable bonds is 2. The molecule has 1 aromatic rings. The highest BCUT2D eigenvalue weighted by atomic mass is 16.2. The maximum absolute atomic E-state index is 12.4. The van der Waals surface area contributed by atoms with E-state index >= 15 is 0 Å². The zero-order chi connectivity index (χ0) is 12.1. The molecule has 1 aromatic carbocycles. The van der Waals surface area contributed by atoms with Crippen molar-refractivity contribution in [3.8, 4) is 0 Å². The molecular formula is C14H18N2O. The highest BCUT2D eigenvalue weighted by Gasteiger charge is 2.20. The molecule has 17 heavy (non-hydrogen) atoms. The Kier molecular flexibility index (Phi) is 3.94. The number of allylic oxidation sites excluding steroid dienone is 1. The molecule has 1 heterocycles. The third-order valence-corrected chi connectivity index (χ3v) is 3.01. The summed E-state index contributed by atoms with van der Waals surface area (Å²) in [4.78, 5) is 14.3. The summed E-state index contributed by atoms with van der Waals surface area (Å²) in [5, 5.41) is 3.25. The minimum Gasteiger partial charge on any atom is -0.336 e. The quantitative estimate of drug-likeness (QED) is 0.781. The summed E-state index contributed by atoms with van der Waals surface area (Å²) in [6.45, 7) is 5.28. The number of nitrogens with one attached hydrogen (secondary N) is 1. The Hall–Kier alpha value is -1.61. The van der Waals surface area contributed by atoms with Crippen molar-refractivity contribution >= 4 is 11.5 Å². The van der Waals surface area contributed by atoms with E-state index in [-0.39, 0.29) is 5.91 Å².